The van der Waals surface area contributed by atoms with E-state index in [4.69, 9.17) is 4.98 Å². The van der Waals surface area contributed by atoms with Crippen LogP contribution < -0.4 is 15.9 Å². The predicted octanol–water partition coefficient (Wildman–Crippen LogP) is 5.19. The molecule has 3 heteroatoms. The quantitative estimate of drug-likeness (QED) is 0.211. The molecule has 0 spiro atoms. The number of nitrogens with zero attached hydrogens (tertiary/aromatic N) is 1. The van der Waals surface area contributed by atoms with Gasteiger partial charge in [0, 0.05) is 5.39 Å². The molecule has 0 atom stereocenters. The molecule has 1 radical (unpaired) electrons. The van der Waals surface area contributed by atoms with E-state index in [0.29, 0.717) is 0 Å². The average molecular weight is 580 g/mol. The first-order valence-electron chi connectivity index (χ1n) is 9.75. The van der Waals surface area contributed by atoms with Gasteiger partial charge in [-0.25, -0.2) is 0 Å². The van der Waals surface area contributed by atoms with Crippen LogP contribution >= 0.6 is 7.92 Å². The Morgan fingerprint density at radius 1 is 0.600 bits per heavy atom. The second-order valence-corrected chi connectivity index (χ2v) is 9.40. The standard InChI is InChI=1S/C27H19NP.Os/c1-4-11-21(12-5-1)25-20-19-22-13-10-18-26(27(22)28-25)29(23-14-6-2-7-15-23)24-16-8-3-9-17-24;/h1-11,13-20H;/q-1;+1/p+1. The van der Waals surface area contributed by atoms with Crippen LogP contribution in [-0.4, -0.2) is 4.98 Å². The zero-order valence-corrected chi connectivity index (χ0v) is 19.8. The second kappa shape index (κ2) is 9.45. The zero-order chi connectivity index (χ0) is 19.5. The Kier molecular flexibility index (Phi) is 6.49. The van der Waals surface area contributed by atoms with Gasteiger partial charge in [0.2, 0.25) is 0 Å². The van der Waals surface area contributed by atoms with E-state index in [1.807, 2.05) is 18.2 Å². The van der Waals surface area contributed by atoms with Crippen LogP contribution in [0.1, 0.15) is 0 Å². The van der Waals surface area contributed by atoms with Crippen LogP contribution in [0.15, 0.2) is 115 Å². The minimum absolute atomic E-state index is 0. The monoisotopic (exact) mass is 581 g/mol. The molecule has 0 aliphatic heterocycles. The van der Waals surface area contributed by atoms with Crippen LogP contribution in [0.25, 0.3) is 22.2 Å². The molecule has 0 saturated heterocycles. The Morgan fingerprint density at radius 3 is 1.90 bits per heavy atom. The van der Waals surface area contributed by atoms with Crippen LogP contribution in [0.4, 0.5) is 0 Å². The fraction of sp³-hybridized carbons (Fsp3) is 0. The summed E-state index contributed by atoms with van der Waals surface area (Å²) in [6.45, 7) is 0. The van der Waals surface area contributed by atoms with Gasteiger partial charge in [-0.1, -0.05) is 60.7 Å². The third-order valence-electron chi connectivity index (χ3n) is 5.10. The fourth-order valence-corrected chi connectivity index (χ4v) is 6.45. The van der Waals surface area contributed by atoms with E-state index in [1.54, 1.807) is 0 Å². The maximum absolute atomic E-state index is 5.11. The molecule has 5 aromatic rings. The van der Waals surface area contributed by atoms with E-state index >= 15 is 0 Å². The normalized spacial score (nSPS) is 10.7. The first-order chi connectivity index (χ1) is 14.4. The van der Waals surface area contributed by atoms with E-state index in [0.717, 1.165) is 16.8 Å². The third kappa shape index (κ3) is 4.13. The Bertz CT molecular complexity index is 1200. The molecule has 0 saturated carbocycles. The predicted molar refractivity (Wildman–Crippen MR) is 126 cm³/mol. The van der Waals surface area contributed by atoms with Crippen molar-refractivity contribution in [2.75, 3.05) is 0 Å². The Labute approximate surface area is 191 Å². The molecule has 145 valence electrons. The van der Waals surface area contributed by atoms with E-state index in [9.17, 15) is 0 Å². The number of para-hydroxylation sites is 1. The number of benzene rings is 4. The summed E-state index contributed by atoms with van der Waals surface area (Å²) >= 11 is 0. The molecular weight excluding hydrogens is 560 g/mol. The summed E-state index contributed by atoms with van der Waals surface area (Å²) in [6.07, 6.45) is 0. The molecule has 0 bridgehead atoms. The summed E-state index contributed by atoms with van der Waals surface area (Å²) in [7, 11) is -1.17. The molecule has 0 unspecified atom stereocenters. The maximum Gasteiger partial charge on any atom is 1.00 e. The molecule has 0 fully saturated rings. The molecule has 1 aromatic heterocycles. The number of hydrogen-bond acceptors (Lipinski definition) is 1. The van der Waals surface area contributed by atoms with E-state index < -0.39 is 7.92 Å². The zero-order valence-electron chi connectivity index (χ0n) is 16.3. The van der Waals surface area contributed by atoms with Gasteiger partial charge in [0.25, 0.3) is 0 Å². The molecule has 1 heterocycles. The topological polar surface area (TPSA) is 12.9 Å². The summed E-state index contributed by atoms with van der Waals surface area (Å²) in [5.74, 6) is 0. The maximum atomic E-state index is 5.11. The largest absolute Gasteiger partial charge is 1.00 e. The van der Waals surface area contributed by atoms with Gasteiger partial charge in [0.15, 0.2) is 0 Å². The van der Waals surface area contributed by atoms with Crippen molar-refractivity contribution < 1.29 is 19.8 Å². The van der Waals surface area contributed by atoms with Gasteiger partial charge in [-0.2, -0.15) is 0 Å². The number of fused-ring (bicyclic) bond motifs is 1. The number of aromatic nitrogens is 1. The van der Waals surface area contributed by atoms with Crippen LogP contribution in [0.2, 0.25) is 0 Å². The summed E-state index contributed by atoms with van der Waals surface area (Å²) in [5.41, 5.74) is 3.08. The fourth-order valence-electron chi connectivity index (χ4n) is 3.74. The van der Waals surface area contributed by atoms with Gasteiger partial charge in [0.05, 0.1) is 0 Å². The molecule has 1 nitrogen and oxygen atoms in total. The molecule has 0 aliphatic carbocycles. The van der Waals surface area contributed by atoms with Crippen molar-refractivity contribution >= 4 is 34.7 Å². The number of rotatable bonds is 4. The SMILES string of the molecule is [Os+].[c-]1ccccc1-c1ccc2cccc([PH+](c3ccccc3)c3ccccc3)c2n1. The molecule has 5 rings (SSSR count). The minimum Gasteiger partial charge on any atom is -0.292 e. The first kappa shape index (κ1) is 20.6. The third-order valence-corrected chi connectivity index (χ3v) is 7.86. The van der Waals surface area contributed by atoms with Crippen molar-refractivity contribution in [1.29, 1.82) is 0 Å². The van der Waals surface area contributed by atoms with E-state index in [-0.39, 0.29) is 19.8 Å². The van der Waals surface area contributed by atoms with E-state index in [1.165, 1.54) is 21.3 Å². The first-order valence-corrected chi connectivity index (χ1v) is 11.3. The van der Waals surface area contributed by atoms with Gasteiger partial charge in [-0.3, -0.25) is 4.98 Å². The smallest absolute Gasteiger partial charge is 0.292 e. The summed E-state index contributed by atoms with van der Waals surface area (Å²) in [4.78, 5) is 5.11. The van der Waals surface area contributed by atoms with Crippen LogP contribution in [0.5, 0.6) is 0 Å². The summed E-state index contributed by atoms with van der Waals surface area (Å²) in [6, 6.07) is 43.8. The van der Waals surface area contributed by atoms with E-state index in [2.05, 4.69) is 103 Å². The Hall–Kier alpha value is -2.64. The Morgan fingerprint density at radius 2 is 1.27 bits per heavy atom. The van der Waals surface area contributed by atoms with Gasteiger partial charge in [0.1, 0.15) is 29.4 Å². The van der Waals surface area contributed by atoms with Crippen LogP contribution in [0.3, 0.4) is 0 Å². The van der Waals surface area contributed by atoms with Crippen molar-refractivity contribution in [3.63, 3.8) is 0 Å². The second-order valence-electron chi connectivity index (χ2n) is 6.96. The average Bonchev–Trinajstić information content (AvgIpc) is 2.81. The minimum atomic E-state index is -1.17. The van der Waals surface area contributed by atoms with Crippen molar-refractivity contribution in [2.24, 2.45) is 0 Å². The van der Waals surface area contributed by atoms with Crippen molar-refractivity contribution in [3.8, 4) is 11.3 Å². The van der Waals surface area contributed by atoms with Crippen LogP contribution in [-0.2, 0) is 19.8 Å². The van der Waals surface area contributed by atoms with Gasteiger partial charge < -0.3 is 0 Å². The molecule has 4 aromatic carbocycles. The van der Waals surface area contributed by atoms with Gasteiger partial charge >= 0.3 is 19.8 Å². The molecule has 30 heavy (non-hydrogen) atoms. The molecular formula is C27H20NOsP+. The van der Waals surface area contributed by atoms with Gasteiger partial charge in [-0.05, 0) is 36.0 Å². The van der Waals surface area contributed by atoms with Crippen molar-refractivity contribution in [3.05, 3.63) is 121 Å². The van der Waals surface area contributed by atoms with Gasteiger partial charge in [-0.15, -0.1) is 35.9 Å². The Balaban J connectivity index is 0.00000218. The molecule has 0 N–H and O–H groups in total. The molecule has 0 aliphatic rings. The van der Waals surface area contributed by atoms with Crippen molar-refractivity contribution in [2.45, 2.75) is 0 Å². The summed E-state index contributed by atoms with van der Waals surface area (Å²) in [5, 5.41) is 5.24. The number of hydrogen-bond donors (Lipinski definition) is 0. The molecule has 0 amide bonds. The number of pyridine rings is 1. The van der Waals surface area contributed by atoms with Crippen LogP contribution in [0, 0.1) is 6.07 Å². The van der Waals surface area contributed by atoms with Crippen molar-refractivity contribution in [1.82, 2.24) is 4.98 Å². The summed E-state index contributed by atoms with van der Waals surface area (Å²) < 4.78 is 0.